The summed E-state index contributed by atoms with van der Waals surface area (Å²) in [4.78, 5) is 0. The smallest absolute Gasteiger partial charge is 0.199 e. The molecule has 0 amide bonds. The molecule has 5 rings (SSSR count). The van der Waals surface area contributed by atoms with Gasteiger partial charge in [0.15, 0.2) is 15.8 Å². The van der Waals surface area contributed by atoms with Crippen molar-refractivity contribution >= 4 is 24.0 Å². The van der Waals surface area contributed by atoms with E-state index in [0.29, 0.717) is 17.1 Å². The summed E-state index contributed by atoms with van der Waals surface area (Å²) in [5.74, 6) is 2.18. The van der Waals surface area contributed by atoms with Crippen molar-refractivity contribution in [2.75, 3.05) is 6.61 Å². The van der Waals surface area contributed by atoms with Crippen LogP contribution in [0.15, 0.2) is 35.6 Å². The molecule has 1 atom stereocenters. The van der Waals surface area contributed by atoms with Crippen LogP contribution in [0.1, 0.15) is 29.8 Å². The van der Waals surface area contributed by atoms with Crippen LogP contribution in [0.3, 0.4) is 0 Å². The minimum atomic E-state index is 0.160. The molecule has 1 N–H and O–H groups in total. The summed E-state index contributed by atoms with van der Waals surface area (Å²) in [6.07, 6.45) is 4.19. The molecule has 1 fully saturated rings. The molecule has 3 aromatic heterocycles. The lowest BCUT2D eigenvalue weighted by atomic mass is 10.1. The van der Waals surface area contributed by atoms with E-state index in [1.165, 1.54) is 11.1 Å². The number of H-pyrrole nitrogens is 1. The van der Waals surface area contributed by atoms with Gasteiger partial charge in [0, 0.05) is 19.9 Å². The number of thioether (sulfide) groups is 1. The van der Waals surface area contributed by atoms with Crippen molar-refractivity contribution < 1.29 is 4.74 Å². The maximum Gasteiger partial charge on any atom is 0.199 e. The van der Waals surface area contributed by atoms with Crippen LogP contribution >= 0.6 is 24.0 Å². The Morgan fingerprint density at radius 1 is 1.24 bits per heavy atom. The predicted molar refractivity (Wildman–Crippen MR) is 129 cm³/mol. The third kappa shape index (κ3) is 4.40. The van der Waals surface area contributed by atoms with E-state index in [0.717, 1.165) is 47.6 Å². The summed E-state index contributed by atoms with van der Waals surface area (Å²) in [6, 6.07) is 8.17. The van der Waals surface area contributed by atoms with Crippen LogP contribution in [0, 0.1) is 18.6 Å². The van der Waals surface area contributed by atoms with Gasteiger partial charge in [0.2, 0.25) is 0 Å². The van der Waals surface area contributed by atoms with Gasteiger partial charge in [-0.15, -0.1) is 10.2 Å². The molecule has 0 saturated carbocycles. The first-order valence-electron chi connectivity index (χ1n) is 10.9. The maximum atomic E-state index is 5.90. The molecule has 0 bridgehead atoms. The number of benzene rings is 1. The van der Waals surface area contributed by atoms with Gasteiger partial charge in [-0.3, -0.25) is 18.9 Å². The number of aryl methyl sites for hydroxylation is 2. The predicted octanol–water partition coefficient (Wildman–Crippen LogP) is 4.01. The SMILES string of the molecule is Cc1cccc(-n2c(CSc3nnc(-c4ccn(C)n4)n3CC3CCCO3)n[nH]c2=S)c1C. The van der Waals surface area contributed by atoms with Gasteiger partial charge >= 0.3 is 0 Å². The normalized spacial score (nSPS) is 16.0. The van der Waals surface area contributed by atoms with Crippen molar-refractivity contribution in [3.8, 4) is 17.2 Å². The third-order valence-electron chi connectivity index (χ3n) is 5.96. The Bertz CT molecular complexity index is 1330. The summed E-state index contributed by atoms with van der Waals surface area (Å²) in [7, 11) is 1.90. The van der Waals surface area contributed by atoms with Crippen LogP contribution in [-0.2, 0) is 24.1 Å². The fourth-order valence-electron chi connectivity index (χ4n) is 4.06. The summed E-state index contributed by atoms with van der Waals surface area (Å²) < 4.78 is 12.4. The second kappa shape index (κ2) is 9.24. The molecular formula is C22H26N8OS2. The largest absolute Gasteiger partial charge is 0.376 e. The van der Waals surface area contributed by atoms with E-state index in [-0.39, 0.29) is 6.10 Å². The van der Waals surface area contributed by atoms with Crippen LogP contribution in [0.2, 0.25) is 0 Å². The van der Waals surface area contributed by atoms with Crippen molar-refractivity contribution in [2.45, 2.75) is 50.2 Å². The maximum absolute atomic E-state index is 5.90. The third-order valence-corrected chi connectivity index (χ3v) is 7.20. The zero-order valence-corrected chi connectivity index (χ0v) is 20.5. The molecule has 172 valence electrons. The standard InChI is InChI=1S/C22H26N8OS2/c1-14-6-4-8-18(15(14)2)30-19(23-25-21(30)32)13-33-22-26-24-20(17-9-10-28(3)27-17)29(22)12-16-7-5-11-31-16/h4,6,8-10,16H,5,7,11-13H2,1-3H3,(H,25,32). The van der Waals surface area contributed by atoms with E-state index in [1.54, 1.807) is 16.4 Å². The summed E-state index contributed by atoms with van der Waals surface area (Å²) in [5.41, 5.74) is 4.23. The van der Waals surface area contributed by atoms with E-state index in [4.69, 9.17) is 17.0 Å². The first kappa shape index (κ1) is 22.1. The molecule has 0 spiro atoms. The molecule has 9 nitrogen and oxygen atoms in total. The number of hydrogen-bond acceptors (Lipinski definition) is 7. The molecule has 33 heavy (non-hydrogen) atoms. The lowest BCUT2D eigenvalue weighted by Gasteiger charge is -2.14. The molecule has 4 aromatic rings. The summed E-state index contributed by atoms with van der Waals surface area (Å²) in [5, 5.41) is 21.8. The summed E-state index contributed by atoms with van der Waals surface area (Å²) >= 11 is 7.14. The van der Waals surface area contributed by atoms with Crippen LogP contribution in [0.25, 0.3) is 17.2 Å². The number of nitrogens with one attached hydrogen (secondary N) is 1. The minimum Gasteiger partial charge on any atom is -0.376 e. The average Bonchev–Trinajstić information content (AvgIpc) is 3.59. The molecule has 1 aliphatic rings. The Hall–Kier alpha value is -2.76. The van der Waals surface area contributed by atoms with E-state index < -0.39 is 0 Å². The molecule has 1 aliphatic heterocycles. The van der Waals surface area contributed by atoms with Gasteiger partial charge in [-0.2, -0.15) is 10.2 Å². The monoisotopic (exact) mass is 482 g/mol. The second-order valence-electron chi connectivity index (χ2n) is 8.21. The van der Waals surface area contributed by atoms with Gasteiger partial charge in [-0.1, -0.05) is 23.9 Å². The first-order chi connectivity index (χ1) is 16.0. The topological polar surface area (TPSA) is 91.4 Å². The molecule has 1 aromatic carbocycles. The van der Waals surface area contributed by atoms with Crippen molar-refractivity contribution in [1.82, 2.24) is 39.3 Å². The lowest BCUT2D eigenvalue weighted by molar-refractivity contribution is 0.0953. The molecular weight excluding hydrogens is 456 g/mol. The van der Waals surface area contributed by atoms with Crippen LogP contribution in [-0.4, -0.2) is 52.0 Å². The van der Waals surface area contributed by atoms with Crippen LogP contribution in [0.4, 0.5) is 0 Å². The summed E-state index contributed by atoms with van der Waals surface area (Å²) in [6.45, 7) is 5.71. The van der Waals surface area contributed by atoms with Crippen molar-refractivity contribution in [3.05, 3.63) is 52.2 Å². The van der Waals surface area contributed by atoms with Gasteiger partial charge in [0.1, 0.15) is 11.5 Å². The molecule has 1 unspecified atom stereocenters. The van der Waals surface area contributed by atoms with Gasteiger partial charge in [0.05, 0.1) is 24.1 Å². The van der Waals surface area contributed by atoms with Gasteiger partial charge in [-0.05, 0) is 62.2 Å². The van der Waals surface area contributed by atoms with E-state index in [2.05, 4.69) is 56.0 Å². The van der Waals surface area contributed by atoms with Crippen LogP contribution in [0.5, 0.6) is 0 Å². The molecule has 11 heteroatoms. The van der Waals surface area contributed by atoms with Crippen molar-refractivity contribution in [3.63, 3.8) is 0 Å². The quantitative estimate of drug-likeness (QED) is 0.314. The van der Waals surface area contributed by atoms with Crippen molar-refractivity contribution in [2.24, 2.45) is 7.05 Å². The van der Waals surface area contributed by atoms with E-state index in [9.17, 15) is 0 Å². The number of ether oxygens (including phenoxy) is 1. The van der Waals surface area contributed by atoms with E-state index >= 15 is 0 Å². The zero-order valence-electron chi connectivity index (χ0n) is 18.9. The van der Waals surface area contributed by atoms with Gasteiger partial charge in [0.25, 0.3) is 0 Å². The Morgan fingerprint density at radius 3 is 2.88 bits per heavy atom. The van der Waals surface area contributed by atoms with E-state index in [1.807, 2.05) is 29.9 Å². The minimum absolute atomic E-state index is 0.160. The highest BCUT2D eigenvalue weighted by Gasteiger charge is 2.23. The second-order valence-corrected chi connectivity index (χ2v) is 9.54. The Labute approximate surface area is 201 Å². The average molecular weight is 483 g/mol. The molecule has 0 aliphatic carbocycles. The highest BCUT2D eigenvalue weighted by Crippen LogP contribution is 2.28. The fraction of sp³-hybridized carbons (Fsp3) is 0.409. The highest BCUT2D eigenvalue weighted by molar-refractivity contribution is 7.98. The highest BCUT2D eigenvalue weighted by atomic mass is 32.2. The zero-order chi connectivity index (χ0) is 22.9. The Balaban J connectivity index is 1.45. The number of aromatic amines is 1. The lowest BCUT2D eigenvalue weighted by Crippen LogP contribution is -2.17. The molecule has 1 saturated heterocycles. The Kier molecular flexibility index (Phi) is 6.17. The van der Waals surface area contributed by atoms with Crippen LogP contribution < -0.4 is 0 Å². The number of aromatic nitrogens is 8. The van der Waals surface area contributed by atoms with Crippen molar-refractivity contribution in [1.29, 1.82) is 0 Å². The number of hydrogen-bond donors (Lipinski definition) is 1. The fourth-order valence-corrected chi connectivity index (χ4v) is 5.17. The first-order valence-corrected chi connectivity index (χ1v) is 12.3. The molecule has 4 heterocycles. The molecule has 0 radical (unpaired) electrons. The van der Waals surface area contributed by atoms with Gasteiger partial charge < -0.3 is 4.74 Å². The number of rotatable bonds is 7. The Morgan fingerprint density at radius 2 is 2.12 bits per heavy atom. The van der Waals surface area contributed by atoms with Gasteiger partial charge in [-0.25, -0.2) is 0 Å². The number of nitrogens with zero attached hydrogens (tertiary/aromatic N) is 7.